The molecule has 2 aromatic carbocycles. The molecule has 0 radical (unpaired) electrons. The van der Waals surface area contributed by atoms with E-state index in [0.717, 1.165) is 12.1 Å². The van der Waals surface area contributed by atoms with Crippen LogP contribution >= 0.6 is 11.6 Å². The lowest BCUT2D eigenvalue weighted by atomic mass is 9.98. The Kier molecular flexibility index (Phi) is 3.83. The van der Waals surface area contributed by atoms with Gasteiger partial charge in [-0.3, -0.25) is 0 Å². The maximum absolute atomic E-state index is 12.7. The van der Waals surface area contributed by atoms with Crippen LogP contribution in [0.5, 0.6) is 0 Å². The van der Waals surface area contributed by atoms with E-state index < -0.39 is 11.7 Å². The summed E-state index contributed by atoms with van der Waals surface area (Å²) in [5, 5.41) is 9.56. The van der Waals surface area contributed by atoms with E-state index in [1.54, 1.807) is 18.2 Å². The van der Waals surface area contributed by atoms with Crippen LogP contribution < -0.4 is 0 Å². The fraction of sp³-hybridized carbons (Fsp3) is 0.143. The Morgan fingerprint density at radius 1 is 1.05 bits per heavy atom. The van der Waals surface area contributed by atoms with Gasteiger partial charge in [0.1, 0.15) is 0 Å². The van der Waals surface area contributed by atoms with E-state index in [-0.39, 0.29) is 6.61 Å². The molecular formula is C14H10ClF3O. The Labute approximate surface area is 113 Å². The first-order valence-corrected chi connectivity index (χ1v) is 5.87. The summed E-state index contributed by atoms with van der Waals surface area (Å²) < 4.78 is 38.1. The topological polar surface area (TPSA) is 20.2 Å². The third kappa shape index (κ3) is 2.91. The third-order valence-electron chi connectivity index (χ3n) is 2.75. The summed E-state index contributed by atoms with van der Waals surface area (Å²) in [4.78, 5) is 0. The van der Waals surface area contributed by atoms with Gasteiger partial charge in [0.05, 0.1) is 12.2 Å². The third-order valence-corrected chi connectivity index (χ3v) is 3.06. The largest absolute Gasteiger partial charge is 0.416 e. The minimum atomic E-state index is -4.41. The number of hydrogen-bond acceptors (Lipinski definition) is 1. The van der Waals surface area contributed by atoms with Gasteiger partial charge in [-0.05, 0) is 29.3 Å². The van der Waals surface area contributed by atoms with Gasteiger partial charge in [-0.25, -0.2) is 0 Å². The molecule has 5 heteroatoms. The molecule has 0 saturated carbocycles. The van der Waals surface area contributed by atoms with Gasteiger partial charge in [-0.1, -0.05) is 35.9 Å². The van der Waals surface area contributed by atoms with E-state index in [2.05, 4.69) is 0 Å². The molecule has 0 heterocycles. The molecule has 0 aliphatic rings. The van der Waals surface area contributed by atoms with Crippen molar-refractivity contribution in [3.05, 3.63) is 58.6 Å². The second-order valence-electron chi connectivity index (χ2n) is 4.01. The van der Waals surface area contributed by atoms with Crippen LogP contribution in [-0.4, -0.2) is 5.11 Å². The Morgan fingerprint density at radius 2 is 1.74 bits per heavy atom. The Morgan fingerprint density at radius 3 is 2.37 bits per heavy atom. The SMILES string of the molecule is OCc1cccc(Cl)c1-c1cccc(C(F)(F)F)c1. The van der Waals surface area contributed by atoms with Gasteiger partial charge in [0.15, 0.2) is 0 Å². The van der Waals surface area contributed by atoms with Crippen molar-refractivity contribution in [2.24, 2.45) is 0 Å². The summed E-state index contributed by atoms with van der Waals surface area (Å²) in [5.41, 5.74) is 0.517. The monoisotopic (exact) mass is 286 g/mol. The summed E-state index contributed by atoms with van der Waals surface area (Å²) in [7, 11) is 0. The molecule has 1 nitrogen and oxygen atoms in total. The van der Waals surface area contributed by atoms with Crippen LogP contribution in [-0.2, 0) is 12.8 Å². The molecule has 0 amide bonds. The quantitative estimate of drug-likeness (QED) is 0.861. The molecule has 0 spiro atoms. The molecule has 0 atom stereocenters. The summed E-state index contributed by atoms with van der Waals surface area (Å²) >= 11 is 6.02. The van der Waals surface area contributed by atoms with E-state index >= 15 is 0 Å². The van der Waals surface area contributed by atoms with Gasteiger partial charge in [-0.15, -0.1) is 0 Å². The highest BCUT2D eigenvalue weighted by atomic mass is 35.5. The van der Waals surface area contributed by atoms with Crippen LogP contribution in [0.15, 0.2) is 42.5 Å². The number of aliphatic hydroxyl groups is 1. The zero-order valence-electron chi connectivity index (χ0n) is 9.71. The molecule has 2 aromatic rings. The van der Waals surface area contributed by atoms with Crippen molar-refractivity contribution in [1.29, 1.82) is 0 Å². The Bertz CT molecular complexity index is 593. The number of benzene rings is 2. The molecule has 100 valence electrons. The van der Waals surface area contributed by atoms with Gasteiger partial charge in [0.25, 0.3) is 0 Å². The highest BCUT2D eigenvalue weighted by molar-refractivity contribution is 6.33. The number of aliphatic hydroxyl groups excluding tert-OH is 1. The fourth-order valence-corrected chi connectivity index (χ4v) is 2.18. The zero-order chi connectivity index (χ0) is 14.0. The van der Waals surface area contributed by atoms with Crippen LogP contribution in [0.1, 0.15) is 11.1 Å². The van der Waals surface area contributed by atoms with Gasteiger partial charge >= 0.3 is 6.18 Å². The smallest absolute Gasteiger partial charge is 0.392 e. The van der Waals surface area contributed by atoms with Crippen molar-refractivity contribution in [3.63, 3.8) is 0 Å². The predicted molar refractivity (Wildman–Crippen MR) is 67.8 cm³/mol. The minimum absolute atomic E-state index is 0.286. The molecule has 1 N–H and O–H groups in total. The predicted octanol–water partition coefficient (Wildman–Crippen LogP) is 4.52. The summed E-state index contributed by atoms with van der Waals surface area (Å²) in [6, 6.07) is 9.74. The molecule has 0 aromatic heterocycles. The number of hydrogen-bond donors (Lipinski definition) is 1. The van der Waals surface area contributed by atoms with Gasteiger partial charge < -0.3 is 5.11 Å². The van der Waals surface area contributed by atoms with Crippen LogP contribution in [0.2, 0.25) is 5.02 Å². The van der Waals surface area contributed by atoms with Crippen molar-refractivity contribution >= 4 is 11.6 Å². The molecule has 0 saturated heterocycles. The maximum atomic E-state index is 12.7. The molecule has 0 bridgehead atoms. The molecule has 2 rings (SSSR count). The first-order chi connectivity index (χ1) is 8.93. The number of halogens is 4. The van der Waals surface area contributed by atoms with Gasteiger partial charge in [0.2, 0.25) is 0 Å². The summed E-state index contributed by atoms with van der Waals surface area (Å²) in [6.07, 6.45) is -4.41. The van der Waals surface area contributed by atoms with E-state index in [9.17, 15) is 18.3 Å². The second kappa shape index (κ2) is 5.23. The highest BCUT2D eigenvalue weighted by Crippen LogP contribution is 2.36. The van der Waals surface area contributed by atoms with Crippen LogP contribution in [0.25, 0.3) is 11.1 Å². The van der Waals surface area contributed by atoms with Crippen LogP contribution in [0, 0.1) is 0 Å². The lowest BCUT2D eigenvalue weighted by molar-refractivity contribution is -0.137. The normalized spacial score (nSPS) is 11.6. The van der Waals surface area contributed by atoms with E-state index in [4.69, 9.17) is 11.6 Å². The molecule has 0 unspecified atom stereocenters. The molecule has 0 fully saturated rings. The van der Waals surface area contributed by atoms with Crippen molar-refractivity contribution in [2.45, 2.75) is 12.8 Å². The van der Waals surface area contributed by atoms with Crippen LogP contribution in [0.3, 0.4) is 0 Å². The maximum Gasteiger partial charge on any atom is 0.416 e. The van der Waals surface area contributed by atoms with Crippen molar-refractivity contribution in [1.82, 2.24) is 0 Å². The zero-order valence-corrected chi connectivity index (χ0v) is 10.5. The van der Waals surface area contributed by atoms with Crippen molar-refractivity contribution < 1.29 is 18.3 Å². The first kappa shape index (κ1) is 13.9. The minimum Gasteiger partial charge on any atom is -0.392 e. The standard InChI is InChI=1S/C14H10ClF3O/c15-12-6-2-4-10(8-19)13(12)9-3-1-5-11(7-9)14(16,17)18/h1-7,19H,8H2. The molecule has 0 aliphatic heterocycles. The van der Waals surface area contributed by atoms with Crippen LogP contribution in [0.4, 0.5) is 13.2 Å². The van der Waals surface area contributed by atoms with Crippen molar-refractivity contribution in [2.75, 3.05) is 0 Å². The first-order valence-electron chi connectivity index (χ1n) is 5.49. The summed E-state index contributed by atoms with van der Waals surface area (Å²) in [6.45, 7) is -0.286. The molecule has 19 heavy (non-hydrogen) atoms. The van der Waals surface area contributed by atoms with Gasteiger partial charge in [-0.2, -0.15) is 13.2 Å². The van der Waals surface area contributed by atoms with Gasteiger partial charge in [0, 0.05) is 10.6 Å². The Balaban J connectivity index is 2.60. The Hall–Kier alpha value is -1.52. The summed E-state index contributed by atoms with van der Waals surface area (Å²) in [5.74, 6) is 0. The average molecular weight is 287 g/mol. The van der Waals surface area contributed by atoms with E-state index in [1.807, 2.05) is 0 Å². The number of alkyl halides is 3. The second-order valence-corrected chi connectivity index (χ2v) is 4.42. The highest BCUT2D eigenvalue weighted by Gasteiger charge is 2.30. The lowest BCUT2D eigenvalue weighted by Gasteiger charge is -2.12. The molecular weight excluding hydrogens is 277 g/mol. The average Bonchev–Trinajstić information content (AvgIpc) is 2.37. The van der Waals surface area contributed by atoms with E-state index in [1.165, 1.54) is 12.1 Å². The van der Waals surface area contributed by atoms with E-state index in [0.29, 0.717) is 21.7 Å². The fourth-order valence-electron chi connectivity index (χ4n) is 1.87. The lowest BCUT2D eigenvalue weighted by Crippen LogP contribution is -2.04. The van der Waals surface area contributed by atoms with Crippen molar-refractivity contribution in [3.8, 4) is 11.1 Å². The molecule has 0 aliphatic carbocycles. The number of rotatable bonds is 2.